The summed E-state index contributed by atoms with van der Waals surface area (Å²) in [4.78, 5) is 0. The lowest BCUT2D eigenvalue weighted by Gasteiger charge is -2.22. The third-order valence-corrected chi connectivity index (χ3v) is 4.77. The Morgan fingerprint density at radius 2 is 1.53 bits per heavy atom. The molecule has 0 aliphatic rings. The van der Waals surface area contributed by atoms with Gasteiger partial charge in [0.2, 0.25) is 0 Å². The van der Waals surface area contributed by atoms with E-state index < -0.39 is 13.4 Å². The topological polar surface area (TPSA) is 55.8 Å². The maximum Gasteiger partial charge on any atom is 0.358 e. The molecule has 1 N–H and O–H groups in total. The van der Waals surface area contributed by atoms with Crippen LogP contribution < -0.4 is 0 Å². The number of rotatable bonds is 11. The van der Waals surface area contributed by atoms with E-state index in [4.69, 9.17) is 9.05 Å². The average molecular weight is 266 g/mol. The van der Waals surface area contributed by atoms with Crippen LogP contribution in [0.2, 0.25) is 0 Å². The molecule has 0 saturated carbocycles. The molecule has 0 rings (SSSR count). The zero-order valence-corrected chi connectivity index (χ0v) is 12.2. The van der Waals surface area contributed by atoms with Crippen LogP contribution >= 0.6 is 7.60 Å². The Morgan fingerprint density at radius 3 is 2.00 bits per heavy atom. The van der Waals surface area contributed by atoms with Gasteiger partial charge in [-0.25, -0.2) is 0 Å². The largest absolute Gasteiger partial charge is 0.380 e. The predicted octanol–water partition coefficient (Wildman–Crippen LogP) is 3.93. The fourth-order valence-corrected chi connectivity index (χ4v) is 3.30. The Morgan fingerprint density at radius 1 is 1.00 bits per heavy atom. The van der Waals surface area contributed by atoms with Crippen LogP contribution in [0, 0.1) is 0 Å². The summed E-state index contributed by atoms with van der Waals surface area (Å²) >= 11 is 0. The van der Waals surface area contributed by atoms with Crippen LogP contribution in [0.15, 0.2) is 0 Å². The number of aliphatic hydroxyl groups excluding tert-OH is 1. The Hall–Kier alpha value is 0.110. The summed E-state index contributed by atoms with van der Waals surface area (Å²) < 4.78 is 22.3. The Labute approximate surface area is 105 Å². The molecule has 1 atom stereocenters. The van der Waals surface area contributed by atoms with E-state index in [9.17, 15) is 9.67 Å². The van der Waals surface area contributed by atoms with E-state index in [-0.39, 0.29) is 0 Å². The van der Waals surface area contributed by atoms with Gasteiger partial charge in [0.15, 0.2) is 5.85 Å². The second kappa shape index (κ2) is 10.1. The molecule has 0 aliphatic heterocycles. The summed E-state index contributed by atoms with van der Waals surface area (Å²) in [6.07, 6.45) is 5.98. The molecule has 104 valence electrons. The molecular weight excluding hydrogens is 239 g/mol. The fraction of sp³-hybridized carbons (Fsp3) is 1.00. The van der Waals surface area contributed by atoms with E-state index in [2.05, 4.69) is 6.92 Å². The molecule has 0 heterocycles. The second-order valence-corrected chi connectivity index (χ2v) is 6.25. The van der Waals surface area contributed by atoms with Crippen LogP contribution in [0.5, 0.6) is 0 Å². The highest BCUT2D eigenvalue weighted by atomic mass is 31.2. The zero-order chi connectivity index (χ0) is 13.1. The highest BCUT2D eigenvalue weighted by Gasteiger charge is 2.33. The molecule has 17 heavy (non-hydrogen) atoms. The molecule has 0 aromatic carbocycles. The van der Waals surface area contributed by atoms with Gasteiger partial charge in [-0.1, -0.05) is 39.0 Å². The molecule has 0 fully saturated rings. The molecule has 0 spiro atoms. The van der Waals surface area contributed by atoms with Crippen molar-refractivity contribution in [2.75, 3.05) is 13.2 Å². The molecule has 0 saturated heterocycles. The van der Waals surface area contributed by atoms with Crippen LogP contribution in [0.1, 0.15) is 59.3 Å². The van der Waals surface area contributed by atoms with Gasteiger partial charge in [-0.3, -0.25) is 4.57 Å². The highest BCUT2D eigenvalue weighted by Crippen LogP contribution is 2.53. The van der Waals surface area contributed by atoms with E-state index in [0.29, 0.717) is 19.6 Å². The molecule has 0 bridgehead atoms. The van der Waals surface area contributed by atoms with Crippen molar-refractivity contribution in [2.45, 2.75) is 65.1 Å². The van der Waals surface area contributed by atoms with Gasteiger partial charge in [-0.05, 0) is 20.3 Å². The first-order chi connectivity index (χ1) is 8.10. The van der Waals surface area contributed by atoms with E-state index in [1.54, 1.807) is 13.8 Å². The number of hydrogen-bond donors (Lipinski definition) is 1. The van der Waals surface area contributed by atoms with Crippen molar-refractivity contribution in [1.82, 2.24) is 0 Å². The first kappa shape index (κ1) is 17.1. The van der Waals surface area contributed by atoms with Crippen LogP contribution in [0.25, 0.3) is 0 Å². The summed E-state index contributed by atoms with van der Waals surface area (Å²) in [5.41, 5.74) is 0. The maximum absolute atomic E-state index is 12.1. The molecule has 4 nitrogen and oxygen atoms in total. The van der Waals surface area contributed by atoms with Crippen molar-refractivity contribution in [3.05, 3.63) is 0 Å². The number of aliphatic hydroxyl groups is 1. The second-order valence-electron chi connectivity index (χ2n) is 4.06. The van der Waals surface area contributed by atoms with E-state index in [0.717, 1.165) is 19.3 Å². The molecule has 0 aliphatic carbocycles. The Bertz CT molecular complexity index is 211. The van der Waals surface area contributed by atoms with Crippen molar-refractivity contribution in [3.8, 4) is 0 Å². The molecular formula is C12H27O4P. The first-order valence-electron chi connectivity index (χ1n) is 6.67. The van der Waals surface area contributed by atoms with E-state index >= 15 is 0 Å². The molecule has 0 radical (unpaired) electrons. The van der Waals surface area contributed by atoms with Crippen molar-refractivity contribution in [1.29, 1.82) is 0 Å². The van der Waals surface area contributed by atoms with Crippen LogP contribution in [-0.4, -0.2) is 24.2 Å². The Kier molecular flexibility index (Phi) is 10.1. The lowest BCUT2D eigenvalue weighted by atomic mass is 10.1. The van der Waals surface area contributed by atoms with Gasteiger partial charge in [-0.15, -0.1) is 0 Å². The maximum atomic E-state index is 12.1. The zero-order valence-electron chi connectivity index (χ0n) is 11.4. The van der Waals surface area contributed by atoms with Gasteiger partial charge in [0.05, 0.1) is 13.2 Å². The quantitative estimate of drug-likeness (QED) is 0.454. The monoisotopic (exact) mass is 266 g/mol. The van der Waals surface area contributed by atoms with Crippen molar-refractivity contribution < 1.29 is 18.7 Å². The standard InChI is InChI=1S/C12H27O4P/c1-4-7-8-9-10-11-12(13)17(14,15-5-2)16-6-3/h12-13H,4-11H2,1-3H3. The minimum absolute atomic E-state index is 0.296. The highest BCUT2D eigenvalue weighted by molar-refractivity contribution is 7.54. The van der Waals surface area contributed by atoms with Gasteiger partial charge < -0.3 is 14.2 Å². The van der Waals surface area contributed by atoms with Crippen molar-refractivity contribution in [2.24, 2.45) is 0 Å². The third-order valence-electron chi connectivity index (χ3n) is 2.55. The number of unbranched alkanes of at least 4 members (excludes halogenated alkanes) is 4. The van der Waals surface area contributed by atoms with Gasteiger partial charge >= 0.3 is 7.60 Å². The summed E-state index contributed by atoms with van der Waals surface area (Å²) in [6.45, 7) is 6.25. The Balaban J connectivity index is 3.97. The fourth-order valence-electron chi connectivity index (χ4n) is 1.66. The number of hydrogen-bond acceptors (Lipinski definition) is 4. The minimum atomic E-state index is -3.31. The van der Waals surface area contributed by atoms with Gasteiger partial charge in [0.25, 0.3) is 0 Å². The molecule has 1 unspecified atom stereocenters. The molecule has 0 amide bonds. The summed E-state index contributed by atoms with van der Waals surface area (Å²) in [7, 11) is -3.31. The lowest BCUT2D eigenvalue weighted by molar-refractivity contribution is 0.142. The smallest absolute Gasteiger partial charge is 0.358 e. The van der Waals surface area contributed by atoms with Crippen LogP contribution in [-0.2, 0) is 13.6 Å². The average Bonchev–Trinajstić information content (AvgIpc) is 2.29. The van der Waals surface area contributed by atoms with Crippen LogP contribution in [0.4, 0.5) is 0 Å². The summed E-state index contributed by atoms with van der Waals surface area (Å²) in [6, 6.07) is 0. The SMILES string of the molecule is CCCCCCCC(O)P(=O)(OCC)OCC. The molecule has 5 heteroatoms. The molecule has 0 aromatic rings. The molecule has 0 aromatic heterocycles. The first-order valence-corrected chi connectivity index (χ1v) is 8.28. The van der Waals surface area contributed by atoms with Gasteiger partial charge in [0, 0.05) is 0 Å². The van der Waals surface area contributed by atoms with Crippen molar-refractivity contribution >= 4 is 7.60 Å². The van der Waals surface area contributed by atoms with E-state index in [1.807, 2.05) is 0 Å². The lowest BCUT2D eigenvalue weighted by Crippen LogP contribution is -2.12. The van der Waals surface area contributed by atoms with Gasteiger partial charge in [-0.2, -0.15) is 0 Å². The third kappa shape index (κ3) is 7.20. The normalized spacial score (nSPS) is 13.9. The summed E-state index contributed by atoms with van der Waals surface area (Å²) in [5, 5.41) is 9.87. The minimum Gasteiger partial charge on any atom is -0.380 e. The van der Waals surface area contributed by atoms with Gasteiger partial charge in [0.1, 0.15) is 0 Å². The predicted molar refractivity (Wildman–Crippen MR) is 70.2 cm³/mol. The van der Waals surface area contributed by atoms with Crippen LogP contribution in [0.3, 0.4) is 0 Å². The van der Waals surface area contributed by atoms with E-state index in [1.165, 1.54) is 12.8 Å². The van der Waals surface area contributed by atoms with Crippen molar-refractivity contribution in [3.63, 3.8) is 0 Å². The summed E-state index contributed by atoms with van der Waals surface area (Å²) in [5.74, 6) is -0.982.